The summed E-state index contributed by atoms with van der Waals surface area (Å²) < 4.78 is 79.3. The van der Waals surface area contributed by atoms with Crippen molar-refractivity contribution in [2.75, 3.05) is 19.6 Å². The van der Waals surface area contributed by atoms with Crippen LogP contribution in [0.25, 0.3) is 0 Å². The molecule has 0 aliphatic carbocycles. The van der Waals surface area contributed by atoms with Gasteiger partial charge in [0.05, 0.1) is 0 Å². The van der Waals surface area contributed by atoms with Crippen molar-refractivity contribution in [1.29, 1.82) is 0 Å². The quantitative estimate of drug-likeness (QED) is 0.607. The van der Waals surface area contributed by atoms with Gasteiger partial charge in [0.1, 0.15) is 0 Å². The molecule has 1 heterocycles. The molecule has 1 fully saturated rings. The predicted molar refractivity (Wildman–Crippen MR) is 110 cm³/mol. The van der Waals surface area contributed by atoms with Crippen molar-refractivity contribution in [2.45, 2.75) is 43.1 Å². The molecule has 1 saturated heterocycles. The lowest BCUT2D eigenvalue weighted by atomic mass is 9.71. The SMILES string of the molecule is CCNC(=O)N1C[C@@H](c2ccc(C(O)(C(F)(F)F)C(F)(F)F)cc2)[C@@](C)(c2ccccc2)C1. The third-order valence-corrected chi connectivity index (χ3v) is 6.29. The molecule has 2 amide bonds. The number of nitrogens with one attached hydrogen (secondary N) is 1. The lowest BCUT2D eigenvalue weighted by Gasteiger charge is -2.34. The Labute approximate surface area is 187 Å². The monoisotopic (exact) mass is 474 g/mol. The number of hydrogen-bond donors (Lipinski definition) is 2. The van der Waals surface area contributed by atoms with E-state index in [1.54, 1.807) is 11.8 Å². The third kappa shape index (κ3) is 4.28. The molecule has 10 heteroatoms. The first-order valence-electron chi connectivity index (χ1n) is 10.3. The maximum Gasteiger partial charge on any atom is 0.430 e. The van der Waals surface area contributed by atoms with Gasteiger partial charge in [0.15, 0.2) is 0 Å². The number of hydrogen-bond acceptors (Lipinski definition) is 2. The van der Waals surface area contributed by atoms with Crippen LogP contribution in [0.5, 0.6) is 0 Å². The molecule has 2 aromatic rings. The van der Waals surface area contributed by atoms with Gasteiger partial charge in [-0.25, -0.2) is 4.79 Å². The number of halogens is 6. The van der Waals surface area contributed by atoms with Crippen molar-refractivity contribution < 1.29 is 36.2 Å². The van der Waals surface area contributed by atoms with E-state index in [9.17, 15) is 36.2 Å². The Morgan fingerprint density at radius 1 is 1.03 bits per heavy atom. The summed E-state index contributed by atoms with van der Waals surface area (Å²) in [5.41, 5.74) is -5.59. The van der Waals surface area contributed by atoms with Gasteiger partial charge in [-0.1, -0.05) is 61.5 Å². The van der Waals surface area contributed by atoms with Crippen LogP contribution in [0.3, 0.4) is 0 Å². The summed E-state index contributed by atoms with van der Waals surface area (Å²) in [7, 11) is 0. The highest BCUT2D eigenvalue weighted by Crippen LogP contribution is 2.51. The number of carbonyl (C=O) groups excluding carboxylic acids is 1. The van der Waals surface area contributed by atoms with Crippen LogP contribution in [0.2, 0.25) is 0 Å². The van der Waals surface area contributed by atoms with Crippen molar-refractivity contribution in [3.05, 3.63) is 71.3 Å². The number of nitrogens with zero attached hydrogens (tertiary/aromatic N) is 1. The largest absolute Gasteiger partial charge is 0.430 e. The molecule has 2 N–H and O–H groups in total. The highest BCUT2D eigenvalue weighted by molar-refractivity contribution is 5.75. The van der Waals surface area contributed by atoms with Gasteiger partial charge in [-0.15, -0.1) is 0 Å². The van der Waals surface area contributed by atoms with Crippen LogP contribution < -0.4 is 5.32 Å². The van der Waals surface area contributed by atoms with Gasteiger partial charge in [0, 0.05) is 36.5 Å². The molecule has 33 heavy (non-hydrogen) atoms. The average molecular weight is 474 g/mol. The number of carbonyl (C=O) groups is 1. The zero-order chi connectivity index (χ0) is 24.7. The van der Waals surface area contributed by atoms with E-state index in [4.69, 9.17) is 0 Å². The molecule has 0 bridgehead atoms. The normalized spacial score (nSPS) is 21.8. The highest BCUT2D eigenvalue weighted by atomic mass is 19.4. The van der Waals surface area contributed by atoms with Crippen LogP contribution in [-0.4, -0.2) is 48.0 Å². The average Bonchev–Trinajstić information content (AvgIpc) is 3.11. The van der Waals surface area contributed by atoms with Gasteiger partial charge in [-0.2, -0.15) is 26.3 Å². The first-order chi connectivity index (χ1) is 15.3. The van der Waals surface area contributed by atoms with Crippen LogP contribution in [-0.2, 0) is 11.0 Å². The molecule has 0 aromatic heterocycles. The number of rotatable bonds is 4. The second kappa shape index (κ2) is 8.55. The van der Waals surface area contributed by atoms with E-state index in [2.05, 4.69) is 5.32 Å². The Morgan fingerprint density at radius 3 is 2.06 bits per heavy atom. The standard InChI is InChI=1S/C23H24F6N2O2/c1-3-30-19(32)31-13-18(20(2,14-31)16-7-5-4-6-8-16)15-9-11-17(12-10-15)21(33,22(24,25)26)23(27,28)29/h4-12,18,33H,3,13-14H2,1-2H3,(H,30,32)/t18-,20+/m0/s1. The molecule has 0 unspecified atom stereocenters. The van der Waals surface area contributed by atoms with Gasteiger partial charge in [-0.3, -0.25) is 0 Å². The molecular formula is C23H24F6N2O2. The summed E-state index contributed by atoms with van der Waals surface area (Å²) in [6, 6.07) is 12.5. The Bertz CT molecular complexity index is 961. The molecule has 0 spiro atoms. The minimum atomic E-state index is -5.95. The molecule has 3 rings (SSSR count). The summed E-state index contributed by atoms with van der Waals surface area (Å²) in [5, 5.41) is 12.4. The second-order valence-electron chi connectivity index (χ2n) is 8.38. The summed E-state index contributed by atoms with van der Waals surface area (Å²) >= 11 is 0. The Morgan fingerprint density at radius 2 is 1.58 bits per heavy atom. The topological polar surface area (TPSA) is 52.6 Å². The maximum absolute atomic E-state index is 13.2. The van der Waals surface area contributed by atoms with Crippen LogP contribution in [0.1, 0.15) is 36.5 Å². The number of amides is 2. The van der Waals surface area contributed by atoms with Crippen molar-refractivity contribution in [3.63, 3.8) is 0 Å². The first-order valence-corrected chi connectivity index (χ1v) is 10.3. The lowest BCUT2D eigenvalue weighted by Crippen LogP contribution is -2.53. The molecule has 0 radical (unpaired) electrons. The van der Waals surface area contributed by atoms with Crippen LogP contribution in [0, 0.1) is 0 Å². The molecule has 1 aliphatic rings. The van der Waals surface area contributed by atoms with Crippen molar-refractivity contribution >= 4 is 6.03 Å². The smallest absolute Gasteiger partial charge is 0.369 e. The van der Waals surface area contributed by atoms with Crippen molar-refractivity contribution in [2.24, 2.45) is 0 Å². The van der Waals surface area contributed by atoms with E-state index in [1.807, 2.05) is 37.3 Å². The van der Waals surface area contributed by atoms with E-state index in [-0.39, 0.29) is 12.6 Å². The fourth-order valence-corrected chi connectivity index (χ4v) is 4.44. The fraction of sp³-hybridized carbons (Fsp3) is 0.435. The van der Waals surface area contributed by atoms with Gasteiger partial charge >= 0.3 is 18.4 Å². The van der Waals surface area contributed by atoms with Gasteiger partial charge in [0.2, 0.25) is 0 Å². The summed E-state index contributed by atoms with van der Waals surface area (Å²) in [5.74, 6) is -0.401. The zero-order valence-corrected chi connectivity index (χ0v) is 18.0. The van der Waals surface area contributed by atoms with E-state index >= 15 is 0 Å². The summed E-state index contributed by atoms with van der Waals surface area (Å²) in [6.45, 7) is 4.61. The van der Waals surface area contributed by atoms with Gasteiger partial charge < -0.3 is 15.3 Å². The van der Waals surface area contributed by atoms with E-state index in [1.165, 1.54) is 0 Å². The minimum absolute atomic E-state index is 0.222. The minimum Gasteiger partial charge on any atom is -0.369 e. The molecule has 1 aliphatic heterocycles. The molecule has 2 aromatic carbocycles. The predicted octanol–water partition coefficient (Wildman–Crippen LogP) is 5.09. The summed E-state index contributed by atoms with van der Waals surface area (Å²) in [6.07, 6.45) is -11.9. The number of benzene rings is 2. The second-order valence-corrected chi connectivity index (χ2v) is 8.38. The maximum atomic E-state index is 13.2. The van der Waals surface area contributed by atoms with Crippen LogP contribution in [0.15, 0.2) is 54.6 Å². The lowest BCUT2D eigenvalue weighted by molar-refractivity contribution is -0.376. The van der Waals surface area contributed by atoms with E-state index in [0.717, 1.165) is 17.7 Å². The number of likely N-dealkylation sites (tertiary alicyclic amines) is 1. The molecule has 180 valence electrons. The molecule has 2 atom stereocenters. The van der Waals surface area contributed by atoms with Crippen LogP contribution in [0.4, 0.5) is 31.1 Å². The van der Waals surface area contributed by atoms with Crippen molar-refractivity contribution in [1.82, 2.24) is 10.2 Å². The fourth-order valence-electron chi connectivity index (χ4n) is 4.44. The number of urea groups is 1. The van der Waals surface area contributed by atoms with Gasteiger partial charge in [0.25, 0.3) is 5.60 Å². The van der Waals surface area contributed by atoms with Crippen molar-refractivity contribution in [3.8, 4) is 0 Å². The Hall–Kier alpha value is -2.75. The number of alkyl halides is 6. The van der Waals surface area contributed by atoms with Gasteiger partial charge in [-0.05, 0) is 18.1 Å². The Kier molecular flexibility index (Phi) is 6.45. The van der Waals surface area contributed by atoms with E-state index in [0.29, 0.717) is 30.8 Å². The molecular weight excluding hydrogens is 450 g/mol. The third-order valence-electron chi connectivity index (χ3n) is 6.29. The highest BCUT2D eigenvalue weighted by Gasteiger charge is 2.71. The first kappa shape index (κ1) is 24.9. The van der Waals surface area contributed by atoms with Crippen LogP contribution >= 0.6 is 0 Å². The number of aliphatic hydroxyl groups is 1. The summed E-state index contributed by atoms with van der Waals surface area (Å²) in [4.78, 5) is 14.1. The molecule has 0 saturated carbocycles. The molecule has 4 nitrogen and oxygen atoms in total. The Balaban J connectivity index is 2.03. The zero-order valence-electron chi connectivity index (χ0n) is 18.0. The van der Waals surface area contributed by atoms with E-state index < -0.39 is 34.8 Å².